The fourth-order valence-corrected chi connectivity index (χ4v) is 1.65. The second-order valence-electron chi connectivity index (χ2n) is 4.52. The molecule has 5 nitrogen and oxygen atoms in total. The van der Waals surface area contributed by atoms with E-state index >= 15 is 0 Å². The van der Waals surface area contributed by atoms with Crippen LogP contribution in [0.5, 0.6) is 5.88 Å². The van der Waals surface area contributed by atoms with E-state index in [1.807, 2.05) is 13.8 Å². The molecule has 0 saturated carbocycles. The number of hydrogen-bond acceptors (Lipinski definition) is 5. The molecule has 0 unspecified atom stereocenters. The second-order valence-corrected chi connectivity index (χ2v) is 4.52. The highest BCUT2D eigenvalue weighted by molar-refractivity contribution is 5.47. The van der Waals surface area contributed by atoms with Crippen molar-refractivity contribution in [2.45, 2.75) is 26.7 Å². The number of nitrogens with one attached hydrogen (secondary N) is 1. The maximum Gasteiger partial charge on any atom is 0.221 e. The zero-order chi connectivity index (χ0) is 13.4. The molecule has 0 aromatic carbocycles. The molecule has 0 amide bonds. The van der Waals surface area contributed by atoms with Crippen molar-refractivity contribution in [3.63, 3.8) is 0 Å². The first-order chi connectivity index (χ1) is 8.65. The molecule has 0 atom stereocenters. The van der Waals surface area contributed by atoms with Crippen LogP contribution in [0.2, 0.25) is 0 Å². The molecule has 102 valence electrons. The van der Waals surface area contributed by atoms with Gasteiger partial charge in [0, 0.05) is 6.54 Å². The van der Waals surface area contributed by atoms with Gasteiger partial charge >= 0.3 is 0 Å². The average Bonchev–Trinajstić information content (AvgIpc) is 2.33. The Morgan fingerprint density at radius 3 is 2.72 bits per heavy atom. The van der Waals surface area contributed by atoms with Gasteiger partial charge in [0.2, 0.25) is 5.88 Å². The molecule has 0 saturated heterocycles. The van der Waals surface area contributed by atoms with Crippen molar-refractivity contribution >= 4 is 5.82 Å². The molecule has 18 heavy (non-hydrogen) atoms. The first-order valence-electron chi connectivity index (χ1n) is 6.48. The topological polar surface area (TPSA) is 50.3 Å². The average molecular weight is 252 g/mol. The number of ether oxygens (including phenoxy) is 1. The fourth-order valence-electron chi connectivity index (χ4n) is 1.65. The van der Waals surface area contributed by atoms with Crippen molar-refractivity contribution < 1.29 is 4.74 Å². The number of nitrogens with zero attached hydrogens (tertiary/aromatic N) is 3. The van der Waals surface area contributed by atoms with Gasteiger partial charge in [-0.1, -0.05) is 0 Å². The lowest BCUT2D eigenvalue weighted by atomic mass is 10.3. The van der Waals surface area contributed by atoms with E-state index in [1.165, 1.54) is 6.42 Å². The van der Waals surface area contributed by atoms with E-state index in [0.717, 1.165) is 30.9 Å². The van der Waals surface area contributed by atoms with Gasteiger partial charge in [0.15, 0.2) is 0 Å². The van der Waals surface area contributed by atoms with Crippen molar-refractivity contribution in [2.24, 2.45) is 0 Å². The molecule has 0 aliphatic heterocycles. The maximum atomic E-state index is 5.44. The van der Waals surface area contributed by atoms with Crippen LogP contribution in [0.15, 0.2) is 6.33 Å². The predicted molar refractivity (Wildman–Crippen MR) is 74.2 cm³/mol. The summed E-state index contributed by atoms with van der Waals surface area (Å²) in [6, 6.07) is 0. The predicted octanol–water partition coefficient (Wildman–Crippen LogP) is 1.94. The molecule has 0 fully saturated rings. The highest BCUT2D eigenvalue weighted by atomic mass is 16.5. The van der Waals surface area contributed by atoms with Gasteiger partial charge in [-0.3, -0.25) is 0 Å². The standard InChI is InChI=1S/C13H24N4O/c1-5-18-13-11(2)12(15-10-16-13)14-8-6-7-9-17(3)4/h10H,5-9H2,1-4H3,(H,14,15,16). The van der Waals surface area contributed by atoms with Crippen LogP contribution in [0.3, 0.4) is 0 Å². The summed E-state index contributed by atoms with van der Waals surface area (Å²) in [6.07, 6.45) is 3.86. The summed E-state index contributed by atoms with van der Waals surface area (Å²) in [6.45, 7) is 6.61. The Balaban J connectivity index is 2.40. The molecule has 1 aromatic rings. The van der Waals surface area contributed by atoms with Gasteiger partial charge in [0.05, 0.1) is 12.2 Å². The van der Waals surface area contributed by atoms with Crippen LogP contribution in [0, 0.1) is 6.92 Å². The summed E-state index contributed by atoms with van der Waals surface area (Å²) < 4.78 is 5.44. The molecule has 0 radical (unpaired) electrons. The Morgan fingerprint density at radius 1 is 1.28 bits per heavy atom. The third kappa shape index (κ3) is 4.87. The second kappa shape index (κ2) is 7.87. The Hall–Kier alpha value is -1.36. The van der Waals surface area contributed by atoms with E-state index in [1.54, 1.807) is 6.33 Å². The summed E-state index contributed by atoms with van der Waals surface area (Å²) in [5, 5.41) is 3.34. The number of unbranched alkanes of at least 4 members (excludes halogenated alkanes) is 1. The summed E-state index contributed by atoms with van der Waals surface area (Å²) in [4.78, 5) is 10.6. The SMILES string of the molecule is CCOc1ncnc(NCCCCN(C)C)c1C. The van der Waals surface area contributed by atoms with Crippen LogP contribution >= 0.6 is 0 Å². The molecule has 0 spiro atoms. The normalized spacial score (nSPS) is 10.7. The van der Waals surface area contributed by atoms with Crippen LogP contribution in [0.1, 0.15) is 25.3 Å². The smallest absolute Gasteiger partial charge is 0.221 e. The highest BCUT2D eigenvalue weighted by Gasteiger charge is 2.06. The molecule has 1 aromatic heterocycles. The van der Waals surface area contributed by atoms with Gasteiger partial charge in [-0.15, -0.1) is 0 Å². The van der Waals surface area contributed by atoms with Crippen LogP contribution in [0.4, 0.5) is 5.82 Å². The molecule has 1 N–H and O–H groups in total. The van der Waals surface area contributed by atoms with E-state index in [-0.39, 0.29) is 0 Å². The van der Waals surface area contributed by atoms with Crippen LogP contribution in [-0.4, -0.2) is 48.7 Å². The number of aromatic nitrogens is 2. The lowest BCUT2D eigenvalue weighted by Crippen LogP contribution is -2.14. The Bertz CT molecular complexity index is 355. The number of hydrogen-bond donors (Lipinski definition) is 1. The van der Waals surface area contributed by atoms with Crippen molar-refractivity contribution in [3.8, 4) is 5.88 Å². The van der Waals surface area contributed by atoms with E-state index in [0.29, 0.717) is 12.5 Å². The highest BCUT2D eigenvalue weighted by Crippen LogP contribution is 2.20. The molecule has 1 heterocycles. The van der Waals surface area contributed by atoms with Crippen LogP contribution in [0.25, 0.3) is 0 Å². The molecule has 0 aliphatic rings. The molecule has 5 heteroatoms. The Labute approximate surface area is 110 Å². The first-order valence-corrected chi connectivity index (χ1v) is 6.48. The van der Waals surface area contributed by atoms with Crippen molar-refractivity contribution in [2.75, 3.05) is 39.1 Å². The molecular formula is C13H24N4O. The minimum absolute atomic E-state index is 0.625. The monoisotopic (exact) mass is 252 g/mol. The first kappa shape index (κ1) is 14.7. The molecule has 0 bridgehead atoms. The summed E-state index contributed by atoms with van der Waals surface area (Å²) in [5.41, 5.74) is 0.979. The van der Waals surface area contributed by atoms with Gasteiger partial charge in [0.25, 0.3) is 0 Å². The van der Waals surface area contributed by atoms with Gasteiger partial charge in [0.1, 0.15) is 12.1 Å². The van der Waals surface area contributed by atoms with Gasteiger partial charge in [-0.25, -0.2) is 9.97 Å². The van der Waals surface area contributed by atoms with Gasteiger partial charge in [-0.2, -0.15) is 0 Å². The van der Waals surface area contributed by atoms with E-state index in [2.05, 4.69) is 34.3 Å². The van der Waals surface area contributed by atoms with E-state index < -0.39 is 0 Å². The van der Waals surface area contributed by atoms with Crippen molar-refractivity contribution in [3.05, 3.63) is 11.9 Å². The fraction of sp³-hybridized carbons (Fsp3) is 0.692. The maximum absolute atomic E-state index is 5.44. The van der Waals surface area contributed by atoms with Crippen molar-refractivity contribution in [1.29, 1.82) is 0 Å². The number of rotatable bonds is 8. The molecular weight excluding hydrogens is 228 g/mol. The zero-order valence-electron chi connectivity index (χ0n) is 11.9. The van der Waals surface area contributed by atoms with Gasteiger partial charge in [-0.05, 0) is 47.3 Å². The quantitative estimate of drug-likeness (QED) is 0.717. The third-order valence-corrected chi connectivity index (χ3v) is 2.64. The Kier molecular flexibility index (Phi) is 6.43. The minimum atomic E-state index is 0.625. The van der Waals surface area contributed by atoms with E-state index in [4.69, 9.17) is 4.74 Å². The third-order valence-electron chi connectivity index (χ3n) is 2.64. The lowest BCUT2D eigenvalue weighted by molar-refractivity contribution is 0.324. The number of anilines is 1. The molecule has 1 rings (SSSR count). The lowest BCUT2D eigenvalue weighted by Gasteiger charge is -2.12. The largest absolute Gasteiger partial charge is 0.478 e. The van der Waals surface area contributed by atoms with Crippen LogP contribution in [-0.2, 0) is 0 Å². The Morgan fingerprint density at radius 2 is 2.06 bits per heavy atom. The minimum Gasteiger partial charge on any atom is -0.478 e. The van der Waals surface area contributed by atoms with Crippen molar-refractivity contribution in [1.82, 2.24) is 14.9 Å². The summed E-state index contributed by atoms with van der Waals surface area (Å²) in [5.74, 6) is 1.54. The zero-order valence-corrected chi connectivity index (χ0v) is 11.9. The van der Waals surface area contributed by atoms with E-state index in [9.17, 15) is 0 Å². The van der Waals surface area contributed by atoms with Crippen LogP contribution < -0.4 is 10.1 Å². The molecule has 0 aliphatic carbocycles. The summed E-state index contributed by atoms with van der Waals surface area (Å²) in [7, 11) is 4.19. The van der Waals surface area contributed by atoms with Gasteiger partial charge < -0.3 is 15.0 Å². The summed E-state index contributed by atoms with van der Waals surface area (Å²) >= 11 is 0.